The Balaban J connectivity index is 2.77. The van der Waals surface area contributed by atoms with Crippen LogP contribution in [-0.2, 0) is 9.53 Å². The summed E-state index contributed by atoms with van der Waals surface area (Å²) in [5, 5.41) is 11.3. The predicted octanol–water partition coefficient (Wildman–Crippen LogP) is 1.41. The fraction of sp³-hybridized carbons (Fsp3) is 0.467. The van der Waals surface area contributed by atoms with Crippen molar-refractivity contribution in [1.82, 2.24) is 5.32 Å². The van der Waals surface area contributed by atoms with E-state index in [1.807, 2.05) is 13.8 Å². The maximum atomic E-state index is 12.1. The lowest BCUT2D eigenvalue weighted by molar-refractivity contribution is -0.143. The summed E-state index contributed by atoms with van der Waals surface area (Å²) in [6, 6.07) is 2.69. The third-order valence-electron chi connectivity index (χ3n) is 2.62. The predicted molar refractivity (Wildman–Crippen MR) is 81.0 cm³/mol. The lowest BCUT2D eigenvalue weighted by Gasteiger charge is -2.17. The van der Waals surface area contributed by atoms with Crippen LogP contribution in [0.4, 0.5) is 0 Å². The summed E-state index contributed by atoms with van der Waals surface area (Å²) >= 11 is 1.21. The van der Waals surface area contributed by atoms with Crippen molar-refractivity contribution in [3.63, 3.8) is 0 Å². The van der Waals surface area contributed by atoms with Gasteiger partial charge in [-0.05, 0) is 24.5 Å². The van der Waals surface area contributed by atoms with Gasteiger partial charge < -0.3 is 15.2 Å². The third kappa shape index (κ3) is 5.58. The summed E-state index contributed by atoms with van der Waals surface area (Å²) in [5.74, 6) is 4.73. The molecule has 1 heterocycles. The molecule has 0 aliphatic rings. The topological polar surface area (TPSA) is 75.6 Å². The summed E-state index contributed by atoms with van der Waals surface area (Å²) in [6.45, 7) is 3.71. The number of esters is 1. The molecule has 1 atom stereocenters. The largest absolute Gasteiger partial charge is 0.467 e. The summed E-state index contributed by atoms with van der Waals surface area (Å²) in [5.41, 5.74) is 0. The highest BCUT2D eigenvalue weighted by molar-refractivity contribution is 7.14. The molecule has 21 heavy (non-hydrogen) atoms. The summed E-state index contributed by atoms with van der Waals surface area (Å²) < 4.78 is 4.71. The molecule has 0 bridgehead atoms. The molecule has 0 fully saturated rings. The Morgan fingerprint density at radius 1 is 1.43 bits per heavy atom. The Bertz CT molecular complexity index is 554. The standard InChI is InChI=1S/C15H19NO4S/c1-10(2)9-12(15(19)20-3)16-14(18)13-7-6-11(21-13)5-4-8-17/h6-7,10,12,17H,8-9H2,1-3H3,(H,16,18). The number of methoxy groups -OCH3 is 1. The second-order valence-electron chi connectivity index (χ2n) is 4.80. The van der Waals surface area contributed by atoms with Crippen LogP contribution in [0.25, 0.3) is 0 Å². The van der Waals surface area contributed by atoms with Crippen molar-refractivity contribution in [2.45, 2.75) is 26.3 Å². The zero-order valence-electron chi connectivity index (χ0n) is 12.3. The molecular formula is C15H19NO4S. The highest BCUT2D eigenvalue weighted by Gasteiger charge is 2.23. The second kappa shape index (κ2) is 8.45. The summed E-state index contributed by atoms with van der Waals surface area (Å²) in [7, 11) is 1.30. The number of hydrogen-bond acceptors (Lipinski definition) is 5. The van der Waals surface area contributed by atoms with Crippen molar-refractivity contribution in [2.75, 3.05) is 13.7 Å². The maximum Gasteiger partial charge on any atom is 0.328 e. The van der Waals surface area contributed by atoms with Crippen LogP contribution >= 0.6 is 11.3 Å². The van der Waals surface area contributed by atoms with Gasteiger partial charge >= 0.3 is 5.97 Å². The summed E-state index contributed by atoms with van der Waals surface area (Å²) in [4.78, 5) is 25.0. The van der Waals surface area contributed by atoms with E-state index in [0.717, 1.165) is 0 Å². The molecule has 0 aromatic carbocycles. The first-order valence-electron chi connectivity index (χ1n) is 6.56. The van der Waals surface area contributed by atoms with Gasteiger partial charge in [0, 0.05) is 0 Å². The van der Waals surface area contributed by atoms with Gasteiger partial charge in [0.1, 0.15) is 12.6 Å². The van der Waals surface area contributed by atoms with Crippen molar-refractivity contribution in [2.24, 2.45) is 5.92 Å². The molecule has 1 amide bonds. The molecule has 114 valence electrons. The molecular weight excluding hydrogens is 290 g/mol. The fourth-order valence-electron chi connectivity index (χ4n) is 1.71. The Morgan fingerprint density at radius 2 is 2.14 bits per heavy atom. The minimum atomic E-state index is -0.656. The Labute approximate surface area is 128 Å². The molecule has 1 rings (SSSR count). The highest BCUT2D eigenvalue weighted by Crippen LogP contribution is 2.16. The van der Waals surface area contributed by atoms with Crippen LogP contribution in [0.5, 0.6) is 0 Å². The van der Waals surface area contributed by atoms with Gasteiger partial charge in [0.15, 0.2) is 0 Å². The van der Waals surface area contributed by atoms with Crippen molar-refractivity contribution in [3.8, 4) is 11.8 Å². The number of aliphatic hydroxyl groups excluding tert-OH is 1. The minimum Gasteiger partial charge on any atom is -0.467 e. The number of amides is 1. The maximum absolute atomic E-state index is 12.1. The van der Waals surface area contributed by atoms with Gasteiger partial charge in [-0.3, -0.25) is 4.79 Å². The van der Waals surface area contributed by atoms with E-state index in [-0.39, 0.29) is 18.4 Å². The van der Waals surface area contributed by atoms with Crippen LogP contribution in [0, 0.1) is 17.8 Å². The van der Waals surface area contributed by atoms with E-state index in [1.54, 1.807) is 12.1 Å². The van der Waals surface area contributed by atoms with Crippen LogP contribution in [0.1, 0.15) is 34.8 Å². The van der Waals surface area contributed by atoms with E-state index in [2.05, 4.69) is 17.2 Å². The van der Waals surface area contributed by atoms with E-state index < -0.39 is 12.0 Å². The molecule has 1 aromatic rings. The first-order valence-corrected chi connectivity index (χ1v) is 7.37. The number of ether oxygens (including phenoxy) is 1. The van der Waals surface area contributed by atoms with Gasteiger partial charge in [0.2, 0.25) is 0 Å². The number of aliphatic hydroxyl groups is 1. The molecule has 5 nitrogen and oxygen atoms in total. The van der Waals surface area contributed by atoms with Crippen LogP contribution in [-0.4, -0.2) is 36.7 Å². The highest BCUT2D eigenvalue weighted by atomic mass is 32.1. The molecule has 0 saturated carbocycles. The van der Waals surface area contributed by atoms with Crippen LogP contribution in [0.2, 0.25) is 0 Å². The van der Waals surface area contributed by atoms with Gasteiger partial charge in [-0.25, -0.2) is 4.79 Å². The van der Waals surface area contributed by atoms with Gasteiger partial charge in [0.05, 0.1) is 16.9 Å². The Kier molecular flexibility index (Phi) is 6.92. The quantitative estimate of drug-likeness (QED) is 0.637. The third-order valence-corrected chi connectivity index (χ3v) is 3.62. The molecule has 6 heteroatoms. The van der Waals surface area contributed by atoms with Crippen molar-refractivity contribution in [1.29, 1.82) is 0 Å². The number of nitrogens with one attached hydrogen (secondary N) is 1. The average Bonchev–Trinajstić information content (AvgIpc) is 2.91. The van der Waals surface area contributed by atoms with E-state index >= 15 is 0 Å². The number of rotatable bonds is 5. The second-order valence-corrected chi connectivity index (χ2v) is 5.89. The zero-order valence-corrected chi connectivity index (χ0v) is 13.1. The summed E-state index contributed by atoms with van der Waals surface area (Å²) in [6.07, 6.45) is 0.515. The molecule has 1 aromatic heterocycles. The molecule has 0 radical (unpaired) electrons. The number of carbonyl (C=O) groups excluding carboxylic acids is 2. The van der Waals surface area contributed by atoms with E-state index in [4.69, 9.17) is 9.84 Å². The van der Waals surface area contributed by atoms with E-state index in [0.29, 0.717) is 16.2 Å². The molecule has 0 aliphatic heterocycles. The fourth-order valence-corrected chi connectivity index (χ4v) is 2.49. The van der Waals surface area contributed by atoms with Crippen LogP contribution in [0.3, 0.4) is 0 Å². The molecule has 1 unspecified atom stereocenters. The van der Waals surface area contributed by atoms with Crippen molar-refractivity contribution in [3.05, 3.63) is 21.9 Å². The molecule has 2 N–H and O–H groups in total. The SMILES string of the molecule is COC(=O)C(CC(C)C)NC(=O)c1ccc(C#CCO)s1. The van der Waals surface area contributed by atoms with Crippen LogP contribution in [0.15, 0.2) is 12.1 Å². The van der Waals surface area contributed by atoms with Crippen molar-refractivity contribution < 1.29 is 19.4 Å². The van der Waals surface area contributed by atoms with E-state index in [1.165, 1.54) is 18.4 Å². The smallest absolute Gasteiger partial charge is 0.328 e. The number of carbonyl (C=O) groups is 2. The molecule has 0 aliphatic carbocycles. The zero-order chi connectivity index (χ0) is 15.8. The first kappa shape index (κ1) is 17.2. The van der Waals surface area contributed by atoms with Gasteiger partial charge in [-0.15, -0.1) is 11.3 Å². The Morgan fingerprint density at radius 3 is 2.71 bits per heavy atom. The molecule has 0 saturated heterocycles. The van der Waals surface area contributed by atoms with Crippen LogP contribution < -0.4 is 5.32 Å². The minimum absolute atomic E-state index is 0.224. The monoisotopic (exact) mass is 309 g/mol. The van der Waals surface area contributed by atoms with Gasteiger partial charge in [-0.2, -0.15) is 0 Å². The van der Waals surface area contributed by atoms with Gasteiger partial charge in [-0.1, -0.05) is 25.7 Å². The lowest BCUT2D eigenvalue weighted by Crippen LogP contribution is -2.42. The average molecular weight is 309 g/mol. The Hall–Kier alpha value is -1.84. The normalized spacial score (nSPS) is 11.5. The van der Waals surface area contributed by atoms with E-state index in [9.17, 15) is 9.59 Å². The van der Waals surface area contributed by atoms with Gasteiger partial charge in [0.25, 0.3) is 5.91 Å². The number of thiophene rings is 1. The van der Waals surface area contributed by atoms with Crippen molar-refractivity contribution >= 4 is 23.2 Å². The number of hydrogen-bond donors (Lipinski definition) is 2. The first-order chi connectivity index (χ1) is 9.97. The lowest BCUT2D eigenvalue weighted by atomic mass is 10.0. The molecule has 0 spiro atoms.